The Kier molecular flexibility index (Phi) is 9.39. The van der Waals surface area contributed by atoms with Gasteiger partial charge in [0.05, 0.1) is 16.8 Å². The second-order valence-electron chi connectivity index (χ2n) is 26.5. The molecule has 3 nitrogen and oxygen atoms in total. The van der Waals surface area contributed by atoms with Crippen LogP contribution < -0.4 is 26.2 Å². The standard InChI is InChI=1S/C66H71BN2O/c1-39-31-45-47(64(10,11)30-29-63(45,8)9)36-52(39)68-53-37-48-46(65(12,13)38-66(48,14)15)35-50(53)67-49-26-28-57-58(44-32-41(61(2,3)4)25-27-56(44)70-57)60(49)69(55-34-42(62(5,6)7)33-54(68)59(55)67)51-24-20-19-23-43(51)40-21-17-16-18-22-40/h16-28,31-37H,29-30,38H2,1-15H3. The number of rotatable bonds is 3. The molecule has 12 rings (SSSR count). The second kappa shape index (κ2) is 14.6. The summed E-state index contributed by atoms with van der Waals surface area (Å²) < 4.78 is 6.97. The summed E-state index contributed by atoms with van der Waals surface area (Å²) in [7, 11) is 0. The van der Waals surface area contributed by atoms with Crippen molar-refractivity contribution in [2.75, 3.05) is 9.80 Å². The van der Waals surface area contributed by atoms with Gasteiger partial charge in [0, 0.05) is 33.7 Å². The zero-order chi connectivity index (χ0) is 49.4. The molecule has 2 aliphatic heterocycles. The fourth-order valence-electron chi connectivity index (χ4n) is 13.7. The predicted molar refractivity (Wildman–Crippen MR) is 301 cm³/mol. The summed E-state index contributed by atoms with van der Waals surface area (Å²) in [5, 5.41) is 2.35. The van der Waals surface area contributed by atoms with Crippen LogP contribution in [0.5, 0.6) is 0 Å². The van der Waals surface area contributed by atoms with Crippen molar-refractivity contribution >= 4 is 79.2 Å². The molecule has 0 spiro atoms. The van der Waals surface area contributed by atoms with Gasteiger partial charge >= 0.3 is 0 Å². The van der Waals surface area contributed by atoms with E-state index in [1.807, 2.05) is 0 Å². The Morgan fingerprint density at radius 1 is 0.486 bits per heavy atom. The third kappa shape index (κ3) is 6.53. The number of anilines is 6. The first-order valence-corrected chi connectivity index (χ1v) is 26.1. The van der Waals surface area contributed by atoms with Crippen molar-refractivity contribution in [2.45, 2.75) is 156 Å². The fourth-order valence-corrected chi connectivity index (χ4v) is 13.7. The van der Waals surface area contributed by atoms with E-state index in [1.165, 1.54) is 124 Å². The lowest BCUT2D eigenvalue weighted by molar-refractivity contribution is 0.332. The first-order chi connectivity index (χ1) is 32.9. The van der Waals surface area contributed by atoms with E-state index in [2.05, 4.69) is 235 Å². The molecule has 4 heteroatoms. The van der Waals surface area contributed by atoms with Gasteiger partial charge in [0.25, 0.3) is 6.71 Å². The van der Waals surface area contributed by atoms with Crippen molar-refractivity contribution in [3.63, 3.8) is 0 Å². The molecule has 0 amide bonds. The van der Waals surface area contributed by atoms with Gasteiger partial charge in [-0.3, -0.25) is 0 Å². The molecule has 354 valence electrons. The van der Waals surface area contributed by atoms with E-state index in [1.54, 1.807) is 0 Å². The SMILES string of the molecule is Cc1cc2c(cc1N1c3cc4c(cc3B3c5ccc6oc7ccc(C(C)(C)C)cc7c6c5N(c5ccccc5-c5ccccc5)c5cc(C(C)(C)C)cc1c53)C(C)(C)CC4(C)C)C(C)(C)CCC2(C)C. The number of fused-ring (bicyclic) bond motifs is 10. The fraction of sp³-hybridized carbons (Fsp3) is 0.364. The van der Waals surface area contributed by atoms with E-state index in [-0.39, 0.29) is 39.2 Å². The molecule has 70 heavy (non-hydrogen) atoms. The van der Waals surface area contributed by atoms with Crippen LogP contribution in [-0.4, -0.2) is 6.71 Å². The van der Waals surface area contributed by atoms with Crippen LogP contribution in [0.3, 0.4) is 0 Å². The average Bonchev–Trinajstić information content (AvgIpc) is 3.76. The first-order valence-electron chi connectivity index (χ1n) is 26.1. The Bertz CT molecular complexity index is 3510. The molecule has 1 aromatic heterocycles. The summed E-state index contributed by atoms with van der Waals surface area (Å²) in [6.45, 7) is 36.2. The van der Waals surface area contributed by atoms with Crippen molar-refractivity contribution in [3.05, 3.63) is 160 Å². The highest BCUT2D eigenvalue weighted by molar-refractivity contribution is 7.00. The molecular weight excluding hydrogens is 848 g/mol. The lowest BCUT2D eigenvalue weighted by atomic mass is 9.33. The highest BCUT2D eigenvalue weighted by Gasteiger charge is 2.50. The van der Waals surface area contributed by atoms with Crippen LogP contribution in [0.15, 0.2) is 126 Å². The number of hydrogen-bond donors (Lipinski definition) is 0. The Labute approximate surface area is 418 Å². The van der Waals surface area contributed by atoms with E-state index in [9.17, 15) is 0 Å². The summed E-state index contributed by atoms with van der Waals surface area (Å²) in [4.78, 5) is 5.40. The highest BCUT2D eigenvalue weighted by Crippen LogP contribution is 2.56. The van der Waals surface area contributed by atoms with Gasteiger partial charge < -0.3 is 14.2 Å². The first kappa shape index (κ1) is 45.2. The lowest BCUT2D eigenvalue weighted by Gasteiger charge is -2.47. The molecule has 0 fully saturated rings. The van der Waals surface area contributed by atoms with E-state index < -0.39 is 0 Å². The summed E-state index contributed by atoms with van der Waals surface area (Å²) in [5.74, 6) is 0. The quantitative estimate of drug-likeness (QED) is 0.165. The van der Waals surface area contributed by atoms with Gasteiger partial charge in [0.15, 0.2) is 0 Å². The van der Waals surface area contributed by atoms with Crippen molar-refractivity contribution in [1.82, 2.24) is 0 Å². The largest absolute Gasteiger partial charge is 0.456 e. The smallest absolute Gasteiger partial charge is 0.252 e. The molecule has 3 heterocycles. The zero-order valence-electron chi connectivity index (χ0n) is 44.5. The van der Waals surface area contributed by atoms with Gasteiger partial charge in [-0.05, 0) is 168 Å². The Morgan fingerprint density at radius 3 is 1.73 bits per heavy atom. The molecule has 0 bridgehead atoms. The monoisotopic (exact) mass is 919 g/mol. The van der Waals surface area contributed by atoms with Crippen LogP contribution >= 0.6 is 0 Å². The second-order valence-corrected chi connectivity index (χ2v) is 26.5. The zero-order valence-corrected chi connectivity index (χ0v) is 44.5. The van der Waals surface area contributed by atoms with Crippen molar-refractivity contribution in [3.8, 4) is 11.1 Å². The van der Waals surface area contributed by atoms with E-state index in [0.717, 1.165) is 17.6 Å². The van der Waals surface area contributed by atoms with Crippen LogP contribution in [-0.2, 0) is 32.5 Å². The van der Waals surface area contributed by atoms with Crippen molar-refractivity contribution < 1.29 is 4.42 Å². The summed E-state index contributed by atoms with van der Waals surface area (Å²) in [5.41, 5.74) is 25.7. The van der Waals surface area contributed by atoms with Crippen LogP contribution in [0.2, 0.25) is 0 Å². The van der Waals surface area contributed by atoms with E-state index >= 15 is 0 Å². The number of benzene rings is 7. The number of hydrogen-bond acceptors (Lipinski definition) is 3. The van der Waals surface area contributed by atoms with Gasteiger partial charge in [0.1, 0.15) is 11.2 Å². The summed E-state index contributed by atoms with van der Waals surface area (Å²) >= 11 is 0. The lowest BCUT2D eigenvalue weighted by Crippen LogP contribution is -2.61. The van der Waals surface area contributed by atoms with Crippen molar-refractivity contribution in [1.29, 1.82) is 0 Å². The summed E-state index contributed by atoms with van der Waals surface area (Å²) in [6, 6.07) is 47.4. The maximum atomic E-state index is 6.97. The molecule has 7 aromatic carbocycles. The maximum absolute atomic E-state index is 6.97. The van der Waals surface area contributed by atoms with Crippen LogP contribution in [0.25, 0.3) is 33.1 Å². The number of para-hydroxylation sites is 1. The van der Waals surface area contributed by atoms with Crippen molar-refractivity contribution in [2.24, 2.45) is 0 Å². The summed E-state index contributed by atoms with van der Waals surface area (Å²) in [6.07, 6.45) is 3.46. The highest BCUT2D eigenvalue weighted by atomic mass is 16.3. The molecular formula is C66H71BN2O. The molecule has 0 saturated carbocycles. The minimum absolute atomic E-state index is 0.0153. The normalized spacial score (nSPS) is 18.1. The molecule has 0 N–H and O–H groups in total. The van der Waals surface area contributed by atoms with E-state index in [4.69, 9.17) is 4.42 Å². The van der Waals surface area contributed by atoms with Gasteiger partial charge in [-0.2, -0.15) is 0 Å². The molecule has 2 aliphatic carbocycles. The molecule has 8 aromatic rings. The van der Waals surface area contributed by atoms with Gasteiger partial charge in [-0.15, -0.1) is 0 Å². The Hall–Kier alpha value is -6.00. The Morgan fingerprint density at radius 2 is 1.06 bits per heavy atom. The number of aryl methyl sites for hydroxylation is 1. The molecule has 0 unspecified atom stereocenters. The van der Waals surface area contributed by atoms with Crippen LogP contribution in [0, 0.1) is 6.92 Å². The predicted octanol–water partition coefficient (Wildman–Crippen LogP) is 16.5. The third-order valence-electron chi connectivity index (χ3n) is 17.5. The molecule has 4 aliphatic rings. The van der Waals surface area contributed by atoms with Crippen LogP contribution in [0.4, 0.5) is 34.1 Å². The minimum Gasteiger partial charge on any atom is -0.456 e. The maximum Gasteiger partial charge on any atom is 0.252 e. The topological polar surface area (TPSA) is 19.6 Å². The number of furan rings is 1. The van der Waals surface area contributed by atoms with Crippen LogP contribution in [0.1, 0.15) is 155 Å². The van der Waals surface area contributed by atoms with E-state index in [0.29, 0.717) is 0 Å². The Balaban J connectivity index is 1.27. The van der Waals surface area contributed by atoms with Gasteiger partial charge in [-0.25, -0.2) is 0 Å². The van der Waals surface area contributed by atoms with Gasteiger partial charge in [-0.1, -0.05) is 170 Å². The molecule has 0 saturated heterocycles. The molecule has 0 atom stereocenters. The minimum atomic E-state index is -0.158. The van der Waals surface area contributed by atoms with Gasteiger partial charge in [0.2, 0.25) is 0 Å². The number of nitrogens with zero attached hydrogens (tertiary/aromatic N) is 2. The average molecular weight is 919 g/mol. The molecule has 0 radical (unpaired) electrons. The third-order valence-corrected chi connectivity index (χ3v) is 17.5.